The van der Waals surface area contributed by atoms with E-state index in [1.807, 2.05) is 17.9 Å². The van der Waals surface area contributed by atoms with Crippen molar-refractivity contribution in [1.82, 2.24) is 0 Å². The van der Waals surface area contributed by atoms with Gasteiger partial charge in [-0.05, 0) is 25.3 Å². The number of nitrogens with zero attached hydrogens (tertiary/aromatic N) is 2. The maximum Gasteiger partial charge on any atom is 0.295 e. The summed E-state index contributed by atoms with van der Waals surface area (Å²) in [7, 11) is 0. The Morgan fingerprint density at radius 1 is 1.50 bits per heavy atom. The molecule has 18 heavy (non-hydrogen) atoms. The van der Waals surface area contributed by atoms with E-state index in [1.165, 1.54) is 0 Å². The van der Waals surface area contributed by atoms with Gasteiger partial charge in [0.05, 0.1) is 11.0 Å². The molecule has 1 saturated heterocycles. The predicted molar refractivity (Wildman–Crippen MR) is 69.8 cm³/mol. The van der Waals surface area contributed by atoms with Crippen LogP contribution in [0, 0.1) is 23.0 Å². The molecule has 0 spiro atoms. The number of hydrogen-bond donors (Lipinski definition) is 1. The number of nitro groups is 1. The standard InChI is InChI=1S/C13H18N2O3/c1-9-6-7-14(8-12(9)16)11-5-3-4-10(2)13(11)15(17)18/h3-5,9,12,16H,6-8H2,1-2H3/t9-,12+/m0/s1. The van der Waals surface area contributed by atoms with Crippen molar-refractivity contribution in [2.45, 2.75) is 26.4 Å². The summed E-state index contributed by atoms with van der Waals surface area (Å²) in [5, 5.41) is 21.0. The fourth-order valence-corrected chi connectivity index (χ4v) is 2.40. The van der Waals surface area contributed by atoms with Crippen molar-refractivity contribution in [3.05, 3.63) is 33.9 Å². The van der Waals surface area contributed by atoms with Crippen LogP contribution >= 0.6 is 0 Å². The number of β-amino-alcohol motifs (C(OH)–C–C–N with tert-alkyl or cyclic N) is 1. The van der Waals surface area contributed by atoms with E-state index in [-0.39, 0.29) is 16.5 Å². The Balaban J connectivity index is 2.34. The van der Waals surface area contributed by atoms with Gasteiger partial charge in [-0.1, -0.05) is 19.1 Å². The topological polar surface area (TPSA) is 66.6 Å². The van der Waals surface area contributed by atoms with Gasteiger partial charge in [0.1, 0.15) is 5.69 Å². The molecule has 0 aromatic heterocycles. The highest BCUT2D eigenvalue weighted by Gasteiger charge is 2.29. The molecule has 1 fully saturated rings. The molecule has 0 unspecified atom stereocenters. The first-order chi connectivity index (χ1) is 8.50. The Hall–Kier alpha value is -1.62. The molecule has 0 aliphatic carbocycles. The van der Waals surface area contributed by atoms with E-state index in [1.54, 1.807) is 19.1 Å². The van der Waals surface area contributed by atoms with E-state index in [4.69, 9.17) is 0 Å². The lowest BCUT2D eigenvalue weighted by Gasteiger charge is -2.35. The molecule has 1 aromatic rings. The van der Waals surface area contributed by atoms with E-state index in [0.29, 0.717) is 17.8 Å². The highest BCUT2D eigenvalue weighted by atomic mass is 16.6. The molecule has 2 rings (SSSR count). The summed E-state index contributed by atoms with van der Waals surface area (Å²) in [5.74, 6) is 0.255. The van der Waals surface area contributed by atoms with Crippen molar-refractivity contribution in [3.8, 4) is 0 Å². The smallest absolute Gasteiger partial charge is 0.295 e. The largest absolute Gasteiger partial charge is 0.391 e. The highest BCUT2D eigenvalue weighted by Crippen LogP contribution is 2.33. The molecule has 0 radical (unpaired) electrons. The summed E-state index contributed by atoms with van der Waals surface area (Å²) < 4.78 is 0. The van der Waals surface area contributed by atoms with Gasteiger partial charge in [0, 0.05) is 18.7 Å². The molecule has 1 heterocycles. The number of anilines is 1. The molecule has 0 bridgehead atoms. The molecule has 2 atom stereocenters. The average Bonchev–Trinajstić information content (AvgIpc) is 2.32. The summed E-state index contributed by atoms with van der Waals surface area (Å²) in [6, 6.07) is 5.32. The molecule has 0 saturated carbocycles. The third-order valence-corrected chi connectivity index (χ3v) is 3.66. The van der Waals surface area contributed by atoms with E-state index in [2.05, 4.69) is 0 Å². The van der Waals surface area contributed by atoms with Crippen LogP contribution in [0.1, 0.15) is 18.9 Å². The number of benzene rings is 1. The van der Waals surface area contributed by atoms with Crippen LogP contribution in [0.25, 0.3) is 0 Å². The maximum atomic E-state index is 11.1. The number of hydrogen-bond acceptors (Lipinski definition) is 4. The van der Waals surface area contributed by atoms with Crippen molar-refractivity contribution in [2.75, 3.05) is 18.0 Å². The molecule has 0 amide bonds. The van der Waals surface area contributed by atoms with Gasteiger partial charge >= 0.3 is 0 Å². The zero-order valence-electron chi connectivity index (χ0n) is 10.7. The predicted octanol–water partition coefficient (Wildman–Crippen LogP) is 2.11. The van der Waals surface area contributed by atoms with Crippen LogP contribution in [-0.2, 0) is 0 Å². The van der Waals surface area contributed by atoms with Gasteiger partial charge < -0.3 is 10.0 Å². The van der Waals surface area contributed by atoms with E-state index in [0.717, 1.165) is 13.0 Å². The van der Waals surface area contributed by atoms with Gasteiger partial charge in [-0.25, -0.2) is 0 Å². The number of rotatable bonds is 2. The Morgan fingerprint density at radius 3 is 2.83 bits per heavy atom. The zero-order valence-corrected chi connectivity index (χ0v) is 10.7. The molecule has 1 N–H and O–H groups in total. The quantitative estimate of drug-likeness (QED) is 0.645. The summed E-state index contributed by atoms with van der Waals surface area (Å²) in [6.45, 7) is 4.96. The Labute approximate surface area is 106 Å². The second kappa shape index (κ2) is 4.94. The van der Waals surface area contributed by atoms with Gasteiger partial charge in [-0.3, -0.25) is 10.1 Å². The van der Waals surface area contributed by atoms with Gasteiger partial charge in [0.2, 0.25) is 0 Å². The van der Waals surface area contributed by atoms with Gasteiger partial charge in [0.25, 0.3) is 5.69 Å². The molecule has 5 nitrogen and oxygen atoms in total. The first-order valence-electron chi connectivity index (χ1n) is 6.17. The minimum absolute atomic E-state index is 0.152. The fraction of sp³-hybridized carbons (Fsp3) is 0.538. The normalized spacial score (nSPS) is 24.1. The van der Waals surface area contributed by atoms with Crippen molar-refractivity contribution in [3.63, 3.8) is 0 Å². The molecular formula is C13H18N2O3. The molecule has 1 aliphatic heterocycles. The lowest BCUT2D eigenvalue weighted by atomic mass is 9.95. The monoisotopic (exact) mass is 250 g/mol. The summed E-state index contributed by atoms with van der Waals surface area (Å²) in [6.07, 6.45) is 0.436. The van der Waals surface area contributed by atoms with Crippen LogP contribution < -0.4 is 4.90 Å². The minimum Gasteiger partial charge on any atom is -0.391 e. The van der Waals surface area contributed by atoms with E-state index >= 15 is 0 Å². The van der Waals surface area contributed by atoms with Crippen LogP contribution in [0.3, 0.4) is 0 Å². The zero-order chi connectivity index (χ0) is 13.3. The minimum atomic E-state index is -0.418. The van der Waals surface area contributed by atoms with Crippen LogP contribution in [0.4, 0.5) is 11.4 Å². The van der Waals surface area contributed by atoms with Crippen molar-refractivity contribution in [2.24, 2.45) is 5.92 Å². The first kappa shape index (κ1) is 12.8. The number of aliphatic hydroxyl groups excluding tert-OH is 1. The SMILES string of the molecule is Cc1cccc(N2CC[C@H](C)[C@H](O)C2)c1[N+](=O)[O-]. The summed E-state index contributed by atoms with van der Waals surface area (Å²) >= 11 is 0. The Bertz CT molecular complexity index is 462. The average molecular weight is 250 g/mol. The van der Waals surface area contributed by atoms with Crippen molar-refractivity contribution in [1.29, 1.82) is 0 Å². The Morgan fingerprint density at radius 2 is 2.22 bits per heavy atom. The van der Waals surface area contributed by atoms with Crippen LogP contribution in [0.5, 0.6) is 0 Å². The molecular weight excluding hydrogens is 232 g/mol. The van der Waals surface area contributed by atoms with E-state index < -0.39 is 6.10 Å². The summed E-state index contributed by atoms with van der Waals surface area (Å²) in [4.78, 5) is 12.7. The third-order valence-electron chi connectivity index (χ3n) is 3.66. The number of para-hydroxylation sites is 1. The van der Waals surface area contributed by atoms with Crippen LogP contribution in [0.2, 0.25) is 0 Å². The second-order valence-corrected chi connectivity index (χ2v) is 4.98. The first-order valence-corrected chi connectivity index (χ1v) is 6.17. The van der Waals surface area contributed by atoms with Gasteiger partial charge in [-0.15, -0.1) is 0 Å². The number of nitro benzene ring substituents is 1. The van der Waals surface area contributed by atoms with E-state index in [9.17, 15) is 15.2 Å². The third kappa shape index (κ3) is 2.31. The lowest BCUT2D eigenvalue weighted by molar-refractivity contribution is -0.384. The molecule has 98 valence electrons. The molecule has 1 aromatic carbocycles. The Kier molecular flexibility index (Phi) is 3.52. The lowest BCUT2D eigenvalue weighted by Crippen LogP contribution is -2.43. The van der Waals surface area contributed by atoms with Gasteiger partial charge in [0.15, 0.2) is 0 Å². The second-order valence-electron chi connectivity index (χ2n) is 4.98. The van der Waals surface area contributed by atoms with Crippen molar-refractivity contribution < 1.29 is 10.0 Å². The molecule has 5 heteroatoms. The number of aryl methyl sites for hydroxylation is 1. The molecule has 1 aliphatic rings. The number of piperidine rings is 1. The fourth-order valence-electron chi connectivity index (χ4n) is 2.40. The van der Waals surface area contributed by atoms with Crippen LogP contribution in [-0.4, -0.2) is 29.2 Å². The number of aliphatic hydroxyl groups is 1. The van der Waals surface area contributed by atoms with Crippen LogP contribution in [0.15, 0.2) is 18.2 Å². The maximum absolute atomic E-state index is 11.1. The summed E-state index contributed by atoms with van der Waals surface area (Å²) in [5.41, 5.74) is 1.43. The highest BCUT2D eigenvalue weighted by molar-refractivity contribution is 5.66. The van der Waals surface area contributed by atoms with Gasteiger partial charge in [-0.2, -0.15) is 0 Å². The van der Waals surface area contributed by atoms with Crippen molar-refractivity contribution >= 4 is 11.4 Å².